The van der Waals surface area contributed by atoms with Crippen molar-refractivity contribution in [3.05, 3.63) is 58.6 Å². The molecule has 35 heavy (non-hydrogen) atoms. The maximum absolute atomic E-state index is 13.5. The number of hydrogen-bond acceptors (Lipinski definition) is 5. The normalized spacial score (nSPS) is 25.7. The summed E-state index contributed by atoms with van der Waals surface area (Å²) in [6, 6.07) is 5.59. The fourth-order valence-corrected chi connectivity index (χ4v) is 4.82. The van der Waals surface area contributed by atoms with E-state index in [-0.39, 0.29) is 29.4 Å². The van der Waals surface area contributed by atoms with E-state index in [2.05, 4.69) is 15.6 Å². The number of aliphatic hydroxyl groups is 1. The summed E-state index contributed by atoms with van der Waals surface area (Å²) < 4.78 is 57.0. The van der Waals surface area contributed by atoms with E-state index < -0.39 is 46.7 Å². The van der Waals surface area contributed by atoms with Crippen LogP contribution in [0, 0.1) is 5.82 Å². The topological polar surface area (TPSA) is 101 Å². The van der Waals surface area contributed by atoms with Gasteiger partial charge in [-0.05, 0) is 56.4 Å². The molecule has 1 atom stereocenters. The number of fused-ring (bicyclic) bond motifs is 3. The Hall–Kier alpha value is -2.92. The highest BCUT2D eigenvalue weighted by atomic mass is 35.5. The zero-order chi connectivity index (χ0) is 25.4. The van der Waals surface area contributed by atoms with Crippen LogP contribution in [0.4, 0.5) is 17.6 Å². The predicted octanol–water partition coefficient (Wildman–Crippen LogP) is 3.63. The number of rotatable bonds is 6. The molecule has 0 radical (unpaired) electrons. The summed E-state index contributed by atoms with van der Waals surface area (Å²) >= 11 is 5.62. The van der Waals surface area contributed by atoms with Crippen molar-refractivity contribution in [1.82, 2.24) is 15.6 Å². The summed E-state index contributed by atoms with van der Waals surface area (Å²) in [5, 5.41) is 16.4. The van der Waals surface area contributed by atoms with E-state index in [1.807, 2.05) is 0 Å². The summed E-state index contributed by atoms with van der Waals surface area (Å²) in [7, 11) is 0. The van der Waals surface area contributed by atoms with Crippen molar-refractivity contribution in [2.24, 2.45) is 0 Å². The summed E-state index contributed by atoms with van der Waals surface area (Å²) in [6.45, 7) is -0.359. The molecule has 0 spiro atoms. The molecule has 5 rings (SSSR count). The van der Waals surface area contributed by atoms with Crippen LogP contribution in [0.5, 0.6) is 5.75 Å². The fraction of sp³-hybridized carbons (Fsp3) is 0.435. The lowest BCUT2D eigenvalue weighted by molar-refractivity contribution is -0.141. The lowest BCUT2D eigenvalue weighted by Gasteiger charge is -2.56. The molecular weight excluding hydrogens is 494 g/mol. The zero-order valence-electron chi connectivity index (χ0n) is 18.3. The maximum atomic E-state index is 13.5. The molecule has 2 amide bonds. The number of amides is 2. The zero-order valence-corrected chi connectivity index (χ0v) is 19.0. The number of carbonyl (C=O) groups is 2. The number of aliphatic hydroxyl groups excluding tert-OH is 1. The average molecular weight is 516 g/mol. The second-order valence-corrected chi connectivity index (χ2v) is 9.36. The van der Waals surface area contributed by atoms with Gasteiger partial charge in [-0.1, -0.05) is 11.6 Å². The van der Waals surface area contributed by atoms with Gasteiger partial charge in [0.2, 0.25) is 0 Å². The lowest BCUT2D eigenvalue weighted by Crippen LogP contribution is -2.70. The van der Waals surface area contributed by atoms with Crippen LogP contribution in [0.1, 0.15) is 48.2 Å². The van der Waals surface area contributed by atoms with Crippen molar-refractivity contribution in [2.45, 2.75) is 55.5 Å². The second kappa shape index (κ2) is 9.27. The van der Waals surface area contributed by atoms with E-state index in [4.69, 9.17) is 16.3 Å². The minimum atomic E-state index is -4.61. The molecule has 2 bridgehead atoms. The van der Waals surface area contributed by atoms with E-state index in [0.29, 0.717) is 25.7 Å². The number of nitrogens with one attached hydrogen (secondary N) is 2. The Morgan fingerprint density at radius 3 is 2.43 bits per heavy atom. The Morgan fingerprint density at radius 2 is 1.86 bits per heavy atom. The summed E-state index contributed by atoms with van der Waals surface area (Å²) in [5.74, 6) is -1.60. The van der Waals surface area contributed by atoms with Crippen LogP contribution in [0.25, 0.3) is 0 Å². The minimum Gasteiger partial charge on any atom is -0.484 e. The number of carbonyl (C=O) groups excluding carboxylic acids is 2. The molecule has 1 unspecified atom stereocenters. The van der Waals surface area contributed by atoms with E-state index in [9.17, 15) is 32.3 Å². The molecule has 0 saturated heterocycles. The molecule has 1 aromatic heterocycles. The molecule has 12 heteroatoms. The van der Waals surface area contributed by atoms with E-state index in [0.717, 1.165) is 24.4 Å². The number of halogens is 5. The first-order chi connectivity index (χ1) is 16.4. The maximum Gasteiger partial charge on any atom is 0.433 e. The van der Waals surface area contributed by atoms with Gasteiger partial charge in [0.1, 0.15) is 17.3 Å². The predicted molar refractivity (Wildman–Crippen MR) is 116 cm³/mol. The molecule has 3 fully saturated rings. The van der Waals surface area contributed by atoms with Gasteiger partial charge in [0.05, 0.1) is 22.2 Å². The van der Waals surface area contributed by atoms with Crippen LogP contribution in [0.15, 0.2) is 36.5 Å². The third-order valence-corrected chi connectivity index (χ3v) is 6.97. The van der Waals surface area contributed by atoms with Gasteiger partial charge in [0.25, 0.3) is 11.8 Å². The van der Waals surface area contributed by atoms with Crippen LogP contribution in [0.3, 0.4) is 0 Å². The van der Waals surface area contributed by atoms with Gasteiger partial charge in [-0.2, -0.15) is 13.2 Å². The van der Waals surface area contributed by atoms with Crippen molar-refractivity contribution in [3.8, 4) is 5.75 Å². The molecule has 1 heterocycles. The molecule has 1 aromatic carbocycles. The number of ether oxygens (including phenoxy) is 1. The van der Waals surface area contributed by atoms with E-state index in [1.54, 1.807) is 0 Å². The van der Waals surface area contributed by atoms with Crippen molar-refractivity contribution < 1.29 is 37.0 Å². The first kappa shape index (κ1) is 25.2. The first-order valence-electron chi connectivity index (χ1n) is 10.8. The second-order valence-electron chi connectivity index (χ2n) is 8.95. The molecular formula is C23H22ClF4N3O4. The third-order valence-electron chi connectivity index (χ3n) is 6.67. The van der Waals surface area contributed by atoms with E-state index >= 15 is 0 Å². The number of hydrogen-bond donors (Lipinski definition) is 3. The number of benzene rings is 1. The molecule has 188 valence electrons. The number of nitrogens with zero attached hydrogens (tertiary/aromatic N) is 1. The summed E-state index contributed by atoms with van der Waals surface area (Å²) in [4.78, 5) is 28.4. The Balaban J connectivity index is 1.34. The van der Waals surface area contributed by atoms with Crippen LogP contribution < -0.4 is 15.4 Å². The van der Waals surface area contributed by atoms with Crippen molar-refractivity contribution in [3.63, 3.8) is 0 Å². The smallest absolute Gasteiger partial charge is 0.433 e. The molecule has 0 aliphatic heterocycles. The lowest BCUT2D eigenvalue weighted by atomic mass is 9.60. The van der Waals surface area contributed by atoms with Crippen molar-refractivity contribution >= 4 is 23.4 Å². The highest BCUT2D eigenvalue weighted by Gasteiger charge is 2.55. The van der Waals surface area contributed by atoms with Gasteiger partial charge >= 0.3 is 6.18 Å². The van der Waals surface area contributed by atoms with Crippen LogP contribution >= 0.6 is 11.6 Å². The number of aromatic nitrogens is 1. The molecule has 3 N–H and O–H groups in total. The van der Waals surface area contributed by atoms with Gasteiger partial charge in [-0.25, -0.2) is 4.39 Å². The van der Waals surface area contributed by atoms with Crippen LogP contribution in [-0.2, 0) is 11.0 Å². The molecule has 2 aromatic rings. The van der Waals surface area contributed by atoms with Crippen LogP contribution in [-0.4, -0.2) is 45.7 Å². The first-order valence-corrected chi connectivity index (χ1v) is 11.2. The Labute approximate surface area is 202 Å². The van der Waals surface area contributed by atoms with Crippen molar-refractivity contribution in [1.29, 1.82) is 0 Å². The largest absolute Gasteiger partial charge is 0.484 e. The molecule has 3 aliphatic carbocycles. The quantitative estimate of drug-likeness (QED) is 0.510. The number of alkyl halides is 3. The van der Waals surface area contributed by atoms with Gasteiger partial charge in [0, 0.05) is 17.8 Å². The summed E-state index contributed by atoms with van der Waals surface area (Å²) in [6.07, 6.45) is -2.91. The van der Waals surface area contributed by atoms with Crippen LogP contribution in [0.2, 0.25) is 5.02 Å². The summed E-state index contributed by atoms with van der Waals surface area (Å²) in [5.41, 5.74) is -2.80. The Bertz CT molecular complexity index is 1120. The highest BCUT2D eigenvalue weighted by Crippen LogP contribution is 2.47. The number of pyridine rings is 1. The van der Waals surface area contributed by atoms with Gasteiger partial charge in [-0.15, -0.1) is 0 Å². The molecule has 3 aliphatic rings. The third kappa shape index (κ3) is 5.35. The Kier molecular flexibility index (Phi) is 6.67. The van der Waals surface area contributed by atoms with E-state index in [1.165, 1.54) is 12.1 Å². The Morgan fingerprint density at radius 1 is 1.14 bits per heavy atom. The fourth-order valence-electron chi connectivity index (χ4n) is 4.70. The molecule has 3 saturated carbocycles. The minimum absolute atomic E-state index is 0.0499. The van der Waals surface area contributed by atoms with Crippen molar-refractivity contribution in [2.75, 3.05) is 6.61 Å². The standard InChI is InChI=1S/C23H22ClF4N3O4/c24-15-3-2-14(9-16(15)25)35-12-19(33)30-21-5-7-22(8-6-21,18(32)10-21)31-20(34)13-1-4-17(29-11-13)23(26,27)28/h1-4,9,11,18,32H,5-8,10,12H2,(H,30,33)(H,31,34). The monoisotopic (exact) mass is 515 g/mol. The SMILES string of the molecule is O=C(COc1ccc(Cl)c(F)c1)NC12CCC(NC(=O)c3ccc(C(F)(F)F)nc3)(CC1)C(O)C2. The van der Waals surface area contributed by atoms with Gasteiger partial charge in [0.15, 0.2) is 6.61 Å². The van der Waals surface area contributed by atoms with Gasteiger partial charge in [-0.3, -0.25) is 14.6 Å². The average Bonchev–Trinajstić information content (AvgIpc) is 2.80. The molecule has 7 nitrogen and oxygen atoms in total. The van der Waals surface area contributed by atoms with Gasteiger partial charge < -0.3 is 20.5 Å². The highest BCUT2D eigenvalue weighted by molar-refractivity contribution is 6.30.